The van der Waals surface area contributed by atoms with E-state index in [9.17, 15) is 9.18 Å². The minimum absolute atomic E-state index is 0.0244. The predicted octanol–water partition coefficient (Wildman–Crippen LogP) is 9.00. The molecule has 8 nitrogen and oxygen atoms in total. The number of aryl methyl sites for hydroxylation is 1. The average molecular weight is 718 g/mol. The smallest absolute Gasteiger partial charge is 0.306 e. The Kier molecular flexibility index (Phi) is 10.8. The number of ether oxygens (including phenoxy) is 4. The number of aromatic amines is 2. The fourth-order valence-corrected chi connectivity index (χ4v) is 7.34. The van der Waals surface area contributed by atoms with E-state index in [1.54, 1.807) is 26.3 Å². The minimum atomic E-state index is -1.15. The van der Waals surface area contributed by atoms with Crippen LogP contribution < -0.4 is 14.2 Å². The molecule has 5 aromatic rings. The van der Waals surface area contributed by atoms with E-state index >= 15 is 8.78 Å². The number of halogens is 3. The lowest BCUT2D eigenvalue weighted by Crippen LogP contribution is -2.32. The maximum atomic E-state index is 15.5. The van der Waals surface area contributed by atoms with E-state index in [4.69, 9.17) is 18.9 Å². The van der Waals surface area contributed by atoms with Gasteiger partial charge in [0.1, 0.15) is 29.8 Å². The highest BCUT2D eigenvalue weighted by molar-refractivity contribution is 7.98. The van der Waals surface area contributed by atoms with Crippen LogP contribution >= 0.6 is 11.8 Å². The van der Waals surface area contributed by atoms with Gasteiger partial charge in [-0.1, -0.05) is 36.9 Å². The molecule has 2 aromatic heterocycles. The molecule has 0 amide bonds. The topological polar surface area (TPSA) is 98.5 Å². The number of esters is 1. The summed E-state index contributed by atoms with van der Waals surface area (Å²) in [6.07, 6.45) is 5.89. The number of aromatic nitrogens is 3. The third-order valence-corrected chi connectivity index (χ3v) is 10.2. The van der Waals surface area contributed by atoms with E-state index in [-0.39, 0.29) is 41.7 Å². The molecule has 0 bridgehead atoms. The number of thioether (sulfide) groups is 1. The molecule has 3 heterocycles. The second-order valence-electron chi connectivity index (χ2n) is 12.2. The van der Waals surface area contributed by atoms with Gasteiger partial charge >= 0.3 is 5.97 Å². The van der Waals surface area contributed by atoms with Crippen molar-refractivity contribution in [1.29, 1.82) is 0 Å². The molecule has 0 radical (unpaired) electrons. The van der Waals surface area contributed by atoms with Gasteiger partial charge in [-0.15, -0.1) is 11.8 Å². The highest BCUT2D eigenvalue weighted by atomic mass is 32.2. The van der Waals surface area contributed by atoms with E-state index < -0.39 is 22.9 Å². The summed E-state index contributed by atoms with van der Waals surface area (Å²) < 4.78 is 67.9. The van der Waals surface area contributed by atoms with Crippen LogP contribution in [0, 0.1) is 11.6 Å². The van der Waals surface area contributed by atoms with E-state index in [2.05, 4.69) is 28.5 Å². The molecule has 1 aliphatic rings. The van der Waals surface area contributed by atoms with Crippen LogP contribution in [0.1, 0.15) is 54.9 Å². The van der Waals surface area contributed by atoms with Gasteiger partial charge in [0.05, 0.1) is 36.3 Å². The molecule has 0 fully saturated rings. The summed E-state index contributed by atoms with van der Waals surface area (Å²) in [7, 11) is 1.58. The first-order chi connectivity index (χ1) is 24.6. The molecular weight excluding hydrogens is 680 g/mol. The lowest BCUT2D eigenvalue weighted by molar-refractivity contribution is -0.143. The number of nitrogens with one attached hydrogen (secondary N) is 2. The molecule has 1 atom stereocenters. The van der Waals surface area contributed by atoms with Crippen molar-refractivity contribution in [1.82, 2.24) is 15.0 Å². The normalized spacial score (nSPS) is 15.7. The number of hydrogen-bond donors (Lipinski definition) is 2. The Morgan fingerprint density at radius 1 is 1.16 bits per heavy atom. The van der Waals surface area contributed by atoms with Crippen LogP contribution in [-0.4, -0.2) is 47.9 Å². The number of hydrogen-bond acceptors (Lipinski definition) is 7. The van der Waals surface area contributed by atoms with Crippen LogP contribution in [0.4, 0.5) is 13.2 Å². The molecule has 1 unspecified atom stereocenters. The number of rotatable bonds is 14. The number of methoxy groups -OCH3 is 1. The molecular formula is C39H38F3N3O5S. The second-order valence-corrected chi connectivity index (χ2v) is 13.2. The van der Waals surface area contributed by atoms with Crippen LogP contribution in [0.25, 0.3) is 16.5 Å². The van der Waals surface area contributed by atoms with Crippen molar-refractivity contribution in [2.75, 3.05) is 26.9 Å². The van der Waals surface area contributed by atoms with Crippen molar-refractivity contribution in [2.24, 2.45) is 0 Å². The van der Waals surface area contributed by atoms with Gasteiger partial charge in [0, 0.05) is 46.6 Å². The molecule has 266 valence electrons. The predicted molar refractivity (Wildman–Crippen MR) is 191 cm³/mol. The summed E-state index contributed by atoms with van der Waals surface area (Å²) in [6, 6.07) is 14.9. The van der Waals surface area contributed by atoms with Gasteiger partial charge in [-0.25, -0.2) is 13.8 Å². The third kappa shape index (κ3) is 7.37. The third-order valence-electron chi connectivity index (χ3n) is 9.03. The fraction of sp³-hybridized carbons (Fsp3) is 0.282. The van der Waals surface area contributed by atoms with Gasteiger partial charge in [0.15, 0.2) is 11.6 Å². The second kappa shape index (κ2) is 15.4. The highest BCUT2D eigenvalue weighted by Gasteiger charge is 2.38. The maximum Gasteiger partial charge on any atom is 0.306 e. The molecule has 0 saturated heterocycles. The molecule has 6 rings (SSSR count). The van der Waals surface area contributed by atoms with Crippen molar-refractivity contribution in [3.05, 3.63) is 119 Å². The number of para-hydroxylation sites is 1. The first-order valence-electron chi connectivity index (χ1n) is 16.5. The Morgan fingerprint density at radius 3 is 2.71 bits per heavy atom. The Balaban J connectivity index is 1.25. The molecule has 0 saturated carbocycles. The SMILES string of the molecule is C=C(F)/C(=C\COc1c(F)c(F)c2[nH]ccc2c1SCc1ccc(OC)cc1)c1ncc(C2(C)CCOc3c(CCC(=O)OCC)cccc32)[nH]1. The number of imidazole rings is 1. The zero-order valence-electron chi connectivity index (χ0n) is 28.5. The zero-order valence-corrected chi connectivity index (χ0v) is 29.4. The first kappa shape index (κ1) is 35.7. The number of H-pyrrole nitrogens is 2. The van der Waals surface area contributed by atoms with E-state index in [1.807, 2.05) is 42.5 Å². The number of carbonyl (C=O) groups is 1. The molecule has 1 aliphatic heterocycles. The van der Waals surface area contributed by atoms with E-state index in [0.717, 1.165) is 22.4 Å². The lowest BCUT2D eigenvalue weighted by Gasteiger charge is -2.36. The summed E-state index contributed by atoms with van der Waals surface area (Å²) in [5.74, 6) is -1.48. The van der Waals surface area contributed by atoms with Gasteiger partial charge in [-0.05, 0) is 62.1 Å². The van der Waals surface area contributed by atoms with Crippen LogP contribution in [0.2, 0.25) is 0 Å². The quantitative estimate of drug-likeness (QED) is 0.0672. The van der Waals surface area contributed by atoms with E-state index in [0.29, 0.717) is 53.6 Å². The van der Waals surface area contributed by atoms with Gasteiger partial charge in [0.2, 0.25) is 5.82 Å². The summed E-state index contributed by atoms with van der Waals surface area (Å²) in [4.78, 5) is 22.9. The Morgan fingerprint density at radius 2 is 1.96 bits per heavy atom. The monoisotopic (exact) mass is 717 g/mol. The summed E-state index contributed by atoms with van der Waals surface area (Å²) in [5.41, 5.74) is 2.96. The number of carbonyl (C=O) groups excluding carboxylic acids is 1. The number of fused-ring (bicyclic) bond motifs is 2. The number of allylic oxidation sites excluding steroid dienone is 2. The maximum absolute atomic E-state index is 15.5. The first-order valence-corrected chi connectivity index (χ1v) is 17.5. The van der Waals surface area contributed by atoms with Gasteiger partial charge in [-0.3, -0.25) is 4.79 Å². The molecule has 0 spiro atoms. The van der Waals surface area contributed by atoms with E-state index in [1.165, 1.54) is 24.0 Å². The molecule has 12 heteroatoms. The van der Waals surface area contributed by atoms with Crippen molar-refractivity contribution in [3.63, 3.8) is 0 Å². The Bertz CT molecular complexity index is 2090. The van der Waals surface area contributed by atoms with Gasteiger partial charge < -0.3 is 28.9 Å². The zero-order chi connectivity index (χ0) is 36.1. The summed E-state index contributed by atoms with van der Waals surface area (Å²) >= 11 is 1.30. The van der Waals surface area contributed by atoms with Crippen molar-refractivity contribution in [2.45, 2.75) is 49.2 Å². The van der Waals surface area contributed by atoms with Gasteiger partial charge in [0.25, 0.3) is 0 Å². The molecule has 2 N–H and O–H groups in total. The van der Waals surface area contributed by atoms with Crippen LogP contribution in [-0.2, 0) is 27.1 Å². The average Bonchev–Trinajstić information content (AvgIpc) is 3.83. The largest absolute Gasteiger partial charge is 0.497 e. The molecule has 3 aromatic carbocycles. The van der Waals surface area contributed by atoms with Crippen molar-refractivity contribution >= 4 is 34.2 Å². The standard InChI is InChI=1S/C39H38F3N3O5S/c1-5-48-31(46)14-11-25-7-6-8-29-35(25)50-20-17-39(29,3)30-21-44-38(45-30)27(23(2)40)16-19-49-36-33(42)32(41)34-28(15-18-43-34)37(36)51-22-24-9-12-26(47-4)13-10-24/h6-10,12-13,15-16,18,21,43H,2,5,11,14,17,19-20,22H2,1,3-4H3,(H,44,45)/b27-16+. The lowest BCUT2D eigenvalue weighted by atomic mass is 9.74. The van der Waals surface area contributed by atoms with Crippen LogP contribution in [0.15, 0.2) is 84.3 Å². The van der Waals surface area contributed by atoms with Crippen LogP contribution in [0.5, 0.6) is 17.2 Å². The van der Waals surface area contributed by atoms with Gasteiger partial charge in [-0.2, -0.15) is 4.39 Å². The van der Waals surface area contributed by atoms with Crippen molar-refractivity contribution in [3.8, 4) is 17.2 Å². The highest BCUT2D eigenvalue weighted by Crippen LogP contribution is 2.45. The number of benzene rings is 3. The minimum Gasteiger partial charge on any atom is -0.497 e. The summed E-state index contributed by atoms with van der Waals surface area (Å²) in [6.45, 7) is 7.76. The van der Waals surface area contributed by atoms with Crippen molar-refractivity contribution < 1.29 is 36.9 Å². The number of nitrogens with zero attached hydrogens (tertiary/aromatic N) is 1. The Hall–Kier alpha value is -5.10. The summed E-state index contributed by atoms with van der Waals surface area (Å²) in [5, 5.41) is 0.464. The molecule has 51 heavy (non-hydrogen) atoms. The van der Waals surface area contributed by atoms with Crippen LogP contribution in [0.3, 0.4) is 0 Å². The Labute approximate surface area is 298 Å². The molecule has 0 aliphatic carbocycles. The fourth-order valence-electron chi connectivity index (χ4n) is 6.23.